The van der Waals surface area contributed by atoms with Gasteiger partial charge in [0.05, 0.1) is 35.5 Å². The van der Waals surface area contributed by atoms with Gasteiger partial charge in [0.2, 0.25) is 0 Å². The third kappa shape index (κ3) is 4.98. The first-order valence-corrected chi connectivity index (χ1v) is 9.98. The van der Waals surface area contributed by atoms with E-state index in [2.05, 4.69) is 37.4 Å². The average molecular weight is 475 g/mol. The highest BCUT2D eigenvalue weighted by molar-refractivity contribution is 5.94. The summed E-state index contributed by atoms with van der Waals surface area (Å²) in [6.07, 6.45) is 0.0155. The number of fused-ring (bicyclic) bond motifs is 1. The van der Waals surface area contributed by atoms with E-state index in [9.17, 15) is 18.4 Å². The molecule has 174 valence electrons. The Labute approximate surface area is 196 Å². The van der Waals surface area contributed by atoms with Crippen LogP contribution in [0.4, 0.5) is 24.5 Å². The fourth-order valence-electron chi connectivity index (χ4n) is 3.23. The lowest BCUT2D eigenvalue weighted by atomic mass is 10.1. The van der Waals surface area contributed by atoms with Crippen molar-refractivity contribution in [2.45, 2.75) is 6.18 Å². The number of hydrogen-bond acceptors (Lipinski definition) is 8. The van der Waals surface area contributed by atoms with Crippen molar-refractivity contribution in [2.75, 3.05) is 10.6 Å². The van der Waals surface area contributed by atoms with Gasteiger partial charge < -0.3 is 16.0 Å². The molecule has 1 aromatic carbocycles. The Morgan fingerprint density at radius 3 is 2.49 bits per heavy atom. The lowest BCUT2D eigenvalue weighted by Crippen LogP contribution is -2.24. The van der Waals surface area contributed by atoms with E-state index >= 15 is 0 Å². The number of benzene rings is 1. The predicted octanol–water partition coefficient (Wildman–Crippen LogP) is 4.59. The first-order chi connectivity index (χ1) is 16.8. The van der Waals surface area contributed by atoms with E-state index in [0.717, 1.165) is 0 Å². The van der Waals surface area contributed by atoms with E-state index in [1.165, 1.54) is 29.5 Å². The van der Waals surface area contributed by atoms with Gasteiger partial charge in [-0.25, -0.2) is 9.97 Å². The number of halogens is 3. The summed E-state index contributed by atoms with van der Waals surface area (Å²) in [7, 11) is 0. The van der Waals surface area contributed by atoms with Crippen LogP contribution in [-0.2, 0) is 0 Å². The quantitative estimate of drug-likeness (QED) is 0.264. The number of pyridine rings is 2. The molecular weight excluding hydrogens is 459 g/mol. The van der Waals surface area contributed by atoms with E-state index in [-0.39, 0.29) is 17.1 Å². The first kappa shape index (κ1) is 23.1. The van der Waals surface area contributed by atoms with Gasteiger partial charge in [-0.2, -0.15) is 28.6 Å². The number of aromatic nitrogens is 5. The lowest BCUT2D eigenvalue weighted by molar-refractivity contribution is -0.0906. The van der Waals surface area contributed by atoms with Crippen LogP contribution in [0, 0.1) is 16.7 Å². The smallest absolute Gasteiger partial charge is 0.354 e. The highest BCUT2D eigenvalue weighted by Crippen LogP contribution is 2.34. The fraction of sp³-hybridized carbons (Fsp3) is 0.0435. The predicted molar refractivity (Wildman–Crippen MR) is 124 cm³/mol. The van der Waals surface area contributed by atoms with Crippen molar-refractivity contribution >= 4 is 28.5 Å². The zero-order chi connectivity index (χ0) is 25.0. The molecule has 12 heteroatoms. The number of nitrogens with zero attached hydrogens (tertiary/aromatic N) is 6. The van der Waals surface area contributed by atoms with Crippen molar-refractivity contribution in [2.24, 2.45) is 0 Å². The molecule has 0 aliphatic heterocycles. The van der Waals surface area contributed by atoms with Crippen LogP contribution in [0.25, 0.3) is 16.7 Å². The third-order valence-electron chi connectivity index (χ3n) is 4.78. The Morgan fingerprint density at radius 2 is 1.86 bits per heavy atom. The average Bonchev–Trinajstić information content (AvgIpc) is 3.38. The van der Waals surface area contributed by atoms with Crippen LogP contribution >= 0.6 is 0 Å². The highest BCUT2D eigenvalue weighted by Gasteiger charge is 2.37. The van der Waals surface area contributed by atoms with Crippen molar-refractivity contribution in [1.82, 2.24) is 25.0 Å². The summed E-state index contributed by atoms with van der Waals surface area (Å²) in [4.78, 5) is 9.55. The summed E-state index contributed by atoms with van der Waals surface area (Å²) in [5.41, 5.74) is -1.30. The van der Waals surface area contributed by atoms with Crippen molar-refractivity contribution in [3.8, 4) is 11.9 Å². The maximum absolute atomic E-state index is 14.1. The molecule has 3 N–H and O–H groups in total. The third-order valence-corrected chi connectivity index (χ3v) is 4.78. The normalized spacial score (nSPS) is 11.9. The zero-order valence-electron chi connectivity index (χ0n) is 17.9. The van der Waals surface area contributed by atoms with Gasteiger partial charge in [-0.3, -0.25) is 0 Å². The van der Waals surface area contributed by atoms with Gasteiger partial charge in [0, 0.05) is 22.9 Å². The Hall–Kier alpha value is -5.05. The largest absolute Gasteiger partial charge is 0.431 e. The second-order valence-corrected chi connectivity index (χ2v) is 7.07. The molecular formula is C23H16F3N9. The maximum Gasteiger partial charge on any atom is 0.431 e. The standard InChI is InChI=1S/C23H16F3N9/c1-14(32-15-6-7-21(29-13-15)35-30-8-9-31-35)18(12-28)22(23(24,25)26)34-20-10-16(11-27)33-19-5-3-2-4-17(19)20/h2-10,12-13,28,32H,1H2,(H,33,34)/b22-18+,28-12?. The molecule has 4 aromatic rings. The van der Waals surface area contributed by atoms with E-state index in [0.29, 0.717) is 28.6 Å². The zero-order valence-corrected chi connectivity index (χ0v) is 17.9. The van der Waals surface area contributed by atoms with Gasteiger partial charge in [0.25, 0.3) is 0 Å². The summed E-state index contributed by atoms with van der Waals surface area (Å²) < 4.78 is 42.4. The highest BCUT2D eigenvalue weighted by atomic mass is 19.4. The number of allylic oxidation sites excluding steroid dienone is 2. The SMILES string of the molecule is C=C(Nc1ccc(-n2nccn2)nc1)/C(C=N)=C(/Nc1cc(C#N)nc2ccccc12)C(F)(F)F. The molecule has 35 heavy (non-hydrogen) atoms. The van der Waals surface area contributed by atoms with Crippen LogP contribution < -0.4 is 10.6 Å². The Bertz CT molecular complexity index is 1470. The molecule has 0 fully saturated rings. The minimum atomic E-state index is -4.87. The van der Waals surface area contributed by atoms with E-state index in [1.54, 1.807) is 36.4 Å². The summed E-state index contributed by atoms with van der Waals surface area (Å²) >= 11 is 0. The molecule has 0 bridgehead atoms. The minimum absolute atomic E-state index is 0.0179. The second kappa shape index (κ2) is 9.44. The number of rotatable bonds is 7. The van der Waals surface area contributed by atoms with Crippen LogP contribution in [-0.4, -0.2) is 37.4 Å². The summed E-state index contributed by atoms with van der Waals surface area (Å²) in [6.45, 7) is 3.68. The second-order valence-electron chi connectivity index (χ2n) is 7.07. The van der Waals surface area contributed by atoms with Crippen LogP contribution in [0.2, 0.25) is 0 Å². The van der Waals surface area contributed by atoms with E-state index in [4.69, 9.17) is 5.41 Å². The molecule has 0 saturated heterocycles. The van der Waals surface area contributed by atoms with Gasteiger partial charge in [-0.15, -0.1) is 4.80 Å². The van der Waals surface area contributed by atoms with Gasteiger partial charge in [0.1, 0.15) is 17.5 Å². The first-order valence-electron chi connectivity index (χ1n) is 9.98. The molecule has 0 unspecified atom stereocenters. The van der Waals surface area contributed by atoms with Crippen LogP contribution in [0.3, 0.4) is 0 Å². The molecule has 0 spiro atoms. The van der Waals surface area contributed by atoms with Crippen LogP contribution in [0.1, 0.15) is 5.69 Å². The van der Waals surface area contributed by atoms with E-state index in [1.807, 2.05) is 6.07 Å². The fourth-order valence-corrected chi connectivity index (χ4v) is 3.23. The molecule has 0 radical (unpaired) electrons. The number of nitrogens with one attached hydrogen (secondary N) is 3. The number of anilines is 2. The Kier molecular flexibility index (Phi) is 6.23. The van der Waals surface area contributed by atoms with Crippen molar-refractivity contribution < 1.29 is 13.2 Å². The van der Waals surface area contributed by atoms with Gasteiger partial charge in [-0.05, 0) is 24.3 Å². The molecule has 3 aromatic heterocycles. The van der Waals surface area contributed by atoms with Crippen molar-refractivity contribution in [1.29, 1.82) is 10.7 Å². The molecule has 9 nitrogen and oxygen atoms in total. The Balaban J connectivity index is 1.70. The van der Waals surface area contributed by atoms with Crippen molar-refractivity contribution in [3.05, 3.63) is 90.3 Å². The number of nitriles is 1. The van der Waals surface area contributed by atoms with Gasteiger partial charge in [-0.1, -0.05) is 24.8 Å². The summed E-state index contributed by atoms with van der Waals surface area (Å²) in [5.74, 6) is 0.407. The van der Waals surface area contributed by atoms with Crippen molar-refractivity contribution in [3.63, 3.8) is 0 Å². The van der Waals surface area contributed by atoms with Gasteiger partial charge in [0.15, 0.2) is 5.82 Å². The number of hydrogen-bond donors (Lipinski definition) is 3. The van der Waals surface area contributed by atoms with Crippen LogP contribution in [0.5, 0.6) is 0 Å². The Morgan fingerprint density at radius 1 is 1.11 bits per heavy atom. The molecule has 0 amide bonds. The van der Waals surface area contributed by atoms with E-state index < -0.39 is 17.4 Å². The topological polar surface area (TPSA) is 128 Å². The minimum Gasteiger partial charge on any atom is -0.354 e. The number of para-hydroxylation sites is 1. The lowest BCUT2D eigenvalue weighted by Gasteiger charge is -2.20. The molecule has 0 atom stereocenters. The summed E-state index contributed by atoms with van der Waals surface area (Å²) in [6, 6.07) is 12.7. The maximum atomic E-state index is 14.1. The monoisotopic (exact) mass is 475 g/mol. The molecule has 0 aliphatic rings. The van der Waals surface area contributed by atoms with Gasteiger partial charge >= 0.3 is 6.18 Å². The summed E-state index contributed by atoms with van der Waals surface area (Å²) in [5, 5.41) is 30.3. The molecule has 4 rings (SSSR count). The molecule has 3 heterocycles. The molecule has 0 aliphatic carbocycles. The van der Waals surface area contributed by atoms with Crippen LogP contribution in [0.15, 0.2) is 84.6 Å². The molecule has 0 saturated carbocycles. The number of alkyl halides is 3.